The summed E-state index contributed by atoms with van der Waals surface area (Å²) in [6.45, 7) is 3.49. The highest BCUT2D eigenvalue weighted by Gasteiger charge is 2.32. The number of aliphatic hydroxyl groups is 1. The van der Waals surface area contributed by atoms with Gasteiger partial charge >= 0.3 is 0 Å². The van der Waals surface area contributed by atoms with E-state index < -0.39 is 18.4 Å². The molecular weight excluding hydrogens is 174 g/mol. The van der Waals surface area contributed by atoms with E-state index in [9.17, 15) is 5.11 Å². The maximum absolute atomic E-state index is 9.44. The molecule has 0 radical (unpaired) electrons. The number of hydrogen-bond donors (Lipinski definition) is 1. The van der Waals surface area contributed by atoms with Gasteiger partial charge in [0.25, 0.3) is 0 Å². The SMILES string of the molecule is C=C1O[C@@H](OC)C[C@@H](N=[N+]=[N-])[C@@H]1O. The van der Waals surface area contributed by atoms with Crippen molar-refractivity contribution in [3.8, 4) is 0 Å². The number of aliphatic hydroxyl groups excluding tert-OH is 1. The van der Waals surface area contributed by atoms with E-state index in [-0.39, 0.29) is 5.76 Å². The Balaban J connectivity index is 2.71. The summed E-state index contributed by atoms with van der Waals surface area (Å²) < 4.78 is 9.98. The first-order valence-corrected chi connectivity index (χ1v) is 3.79. The smallest absolute Gasteiger partial charge is 0.199 e. The Kier molecular flexibility index (Phi) is 3.13. The Bertz CT molecular complexity index is 249. The fraction of sp³-hybridized carbons (Fsp3) is 0.714. The average molecular weight is 185 g/mol. The summed E-state index contributed by atoms with van der Waals surface area (Å²) in [5.41, 5.74) is 8.22. The summed E-state index contributed by atoms with van der Waals surface area (Å²) in [5, 5.41) is 12.9. The second-order valence-corrected chi connectivity index (χ2v) is 2.70. The second kappa shape index (κ2) is 4.13. The van der Waals surface area contributed by atoms with Gasteiger partial charge in [-0.1, -0.05) is 11.7 Å². The number of nitrogens with zero attached hydrogens (tertiary/aromatic N) is 3. The molecule has 13 heavy (non-hydrogen) atoms. The molecule has 6 heteroatoms. The maximum Gasteiger partial charge on any atom is 0.199 e. The highest BCUT2D eigenvalue weighted by Crippen LogP contribution is 2.24. The Morgan fingerprint density at radius 1 is 1.85 bits per heavy atom. The lowest BCUT2D eigenvalue weighted by molar-refractivity contribution is -0.142. The van der Waals surface area contributed by atoms with Crippen molar-refractivity contribution in [3.05, 3.63) is 22.8 Å². The minimum atomic E-state index is -0.942. The Morgan fingerprint density at radius 3 is 3.08 bits per heavy atom. The molecule has 0 spiro atoms. The predicted molar refractivity (Wildman–Crippen MR) is 44.6 cm³/mol. The van der Waals surface area contributed by atoms with Crippen molar-refractivity contribution in [3.63, 3.8) is 0 Å². The first kappa shape index (κ1) is 9.85. The van der Waals surface area contributed by atoms with Crippen LogP contribution in [0.5, 0.6) is 0 Å². The van der Waals surface area contributed by atoms with Gasteiger partial charge in [0.15, 0.2) is 6.29 Å². The minimum Gasteiger partial charge on any atom is -0.467 e. The molecule has 0 aliphatic carbocycles. The summed E-state index contributed by atoms with van der Waals surface area (Å²) in [6, 6.07) is -0.559. The van der Waals surface area contributed by atoms with Crippen LogP contribution in [0.15, 0.2) is 17.5 Å². The fourth-order valence-electron chi connectivity index (χ4n) is 1.15. The molecule has 1 aliphatic heterocycles. The zero-order chi connectivity index (χ0) is 9.84. The molecule has 1 heterocycles. The summed E-state index contributed by atoms with van der Waals surface area (Å²) >= 11 is 0. The van der Waals surface area contributed by atoms with Gasteiger partial charge in [0.05, 0.1) is 6.04 Å². The van der Waals surface area contributed by atoms with Crippen LogP contribution in [0.4, 0.5) is 0 Å². The Morgan fingerprint density at radius 2 is 2.54 bits per heavy atom. The van der Waals surface area contributed by atoms with Gasteiger partial charge in [0.2, 0.25) is 0 Å². The predicted octanol–water partition coefficient (Wildman–Crippen LogP) is 0.933. The quantitative estimate of drug-likeness (QED) is 0.394. The molecular formula is C7H11N3O3. The molecule has 1 rings (SSSR count). The molecule has 0 unspecified atom stereocenters. The lowest BCUT2D eigenvalue weighted by Gasteiger charge is -2.31. The van der Waals surface area contributed by atoms with Crippen LogP contribution in [0, 0.1) is 0 Å². The van der Waals surface area contributed by atoms with Crippen molar-refractivity contribution in [2.45, 2.75) is 24.9 Å². The van der Waals surface area contributed by atoms with Crippen molar-refractivity contribution in [1.29, 1.82) is 0 Å². The molecule has 1 saturated heterocycles. The van der Waals surface area contributed by atoms with Crippen LogP contribution in [0.3, 0.4) is 0 Å². The van der Waals surface area contributed by atoms with E-state index in [0.717, 1.165) is 0 Å². The third-order valence-electron chi connectivity index (χ3n) is 1.87. The van der Waals surface area contributed by atoms with Crippen molar-refractivity contribution in [1.82, 2.24) is 0 Å². The van der Waals surface area contributed by atoms with Crippen molar-refractivity contribution in [2.24, 2.45) is 5.11 Å². The zero-order valence-corrected chi connectivity index (χ0v) is 7.25. The molecule has 0 aromatic carbocycles. The van der Waals surface area contributed by atoms with Crippen LogP contribution in [0.2, 0.25) is 0 Å². The van der Waals surface area contributed by atoms with Gasteiger partial charge < -0.3 is 14.6 Å². The zero-order valence-electron chi connectivity index (χ0n) is 7.25. The topological polar surface area (TPSA) is 87.5 Å². The lowest BCUT2D eigenvalue weighted by atomic mass is 10.0. The normalized spacial score (nSPS) is 33.4. The first-order valence-electron chi connectivity index (χ1n) is 3.79. The standard InChI is InChI=1S/C7H11N3O3/c1-4-7(11)5(9-10-8)3-6(12-2)13-4/h5-7,11H,1,3H2,2H3/t5-,6-,7-/m1/s1. The third-order valence-corrected chi connectivity index (χ3v) is 1.87. The van der Waals surface area contributed by atoms with Crippen molar-refractivity contribution in [2.75, 3.05) is 7.11 Å². The molecule has 0 bridgehead atoms. The second-order valence-electron chi connectivity index (χ2n) is 2.70. The summed E-state index contributed by atoms with van der Waals surface area (Å²) in [5.74, 6) is 0.176. The molecule has 0 saturated carbocycles. The van der Waals surface area contributed by atoms with E-state index in [4.69, 9.17) is 15.0 Å². The van der Waals surface area contributed by atoms with Crippen molar-refractivity contribution < 1.29 is 14.6 Å². The Labute approximate surface area is 75.4 Å². The number of methoxy groups -OCH3 is 1. The van der Waals surface area contributed by atoms with Gasteiger partial charge in [-0.25, -0.2) is 0 Å². The molecule has 0 aromatic heterocycles. The van der Waals surface area contributed by atoms with Gasteiger partial charge in [-0.15, -0.1) is 0 Å². The minimum absolute atomic E-state index is 0.176. The van der Waals surface area contributed by atoms with Gasteiger partial charge in [0, 0.05) is 18.4 Å². The summed E-state index contributed by atoms with van der Waals surface area (Å²) in [7, 11) is 1.47. The van der Waals surface area contributed by atoms with Gasteiger partial charge in [-0.2, -0.15) is 0 Å². The molecule has 1 fully saturated rings. The van der Waals surface area contributed by atoms with Crippen molar-refractivity contribution >= 4 is 0 Å². The van der Waals surface area contributed by atoms with Crippen LogP contribution in [-0.2, 0) is 9.47 Å². The van der Waals surface area contributed by atoms with E-state index in [1.54, 1.807) is 0 Å². The molecule has 3 atom stereocenters. The van der Waals surface area contributed by atoms with Gasteiger partial charge in [-0.05, 0) is 5.53 Å². The molecule has 0 aromatic rings. The average Bonchev–Trinajstić information content (AvgIpc) is 2.13. The third kappa shape index (κ3) is 2.12. The van der Waals surface area contributed by atoms with Gasteiger partial charge in [-0.3, -0.25) is 0 Å². The van der Waals surface area contributed by atoms with E-state index in [0.29, 0.717) is 6.42 Å². The number of rotatable bonds is 2. The van der Waals surface area contributed by atoms with Crippen LogP contribution in [0.25, 0.3) is 10.4 Å². The fourth-order valence-corrected chi connectivity index (χ4v) is 1.15. The van der Waals surface area contributed by atoms with E-state index in [1.807, 2.05) is 0 Å². The van der Waals surface area contributed by atoms with Crippen LogP contribution in [0.1, 0.15) is 6.42 Å². The highest BCUT2D eigenvalue weighted by atomic mass is 16.7. The summed E-state index contributed by atoms with van der Waals surface area (Å²) in [4.78, 5) is 2.63. The Hall–Kier alpha value is -1.23. The molecule has 1 aliphatic rings. The first-order chi connectivity index (χ1) is 6.19. The molecule has 1 N–H and O–H groups in total. The highest BCUT2D eigenvalue weighted by molar-refractivity contribution is 5.02. The molecule has 6 nitrogen and oxygen atoms in total. The molecule has 0 amide bonds. The number of hydrogen-bond acceptors (Lipinski definition) is 4. The summed E-state index contributed by atoms with van der Waals surface area (Å²) in [6.07, 6.45) is -1.10. The van der Waals surface area contributed by atoms with E-state index in [2.05, 4.69) is 16.6 Å². The van der Waals surface area contributed by atoms with Crippen LogP contribution < -0.4 is 0 Å². The lowest BCUT2D eigenvalue weighted by Crippen LogP contribution is -2.38. The number of ether oxygens (including phenoxy) is 2. The van der Waals surface area contributed by atoms with Crippen LogP contribution >= 0.6 is 0 Å². The van der Waals surface area contributed by atoms with Crippen LogP contribution in [-0.4, -0.2) is 30.7 Å². The maximum atomic E-state index is 9.44. The molecule has 72 valence electrons. The van der Waals surface area contributed by atoms with Gasteiger partial charge in [0.1, 0.15) is 11.9 Å². The largest absolute Gasteiger partial charge is 0.467 e. The van der Waals surface area contributed by atoms with E-state index >= 15 is 0 Å². The monoisotopic (exact) mass is 185 g/mol. The van der Waals surface area contributed by atoms with E-state index in [1.165, 1.54) is 7.11 Å². The number of azide groups is 1.